The molecule has 0 aliphatic heterocycles. The van der Waals surface area contributed by atoms with E-state index in [0.29, 0.717) is 0 Å². The summed E-state index contributed by atoms with van der Waals surface area (Å²) >= 11 is 0. The van der Waals surface area contributed by atoms with Gasteiger partial charge >= 0.3 is 0 Å². The normalized spacial score (nSPS) is 10.5. The molecular weight excluding hydrogens is 124 g/mol. The summed E-state index contributed by atoms with van der Waals surface area (Å²) in [6.07, 6.45) is 4.76. The van der Waals surface area contributed by atoms with Gasteiger partial charge in [-0.25, -0.2) is 4.52 Å². The van der Waals surface area contributed by atoms with Crippen molar-refractivity contribution in [2.45, 2.75) is 6.92 Å². The smallest absolute Gasteiger partial charge is 0.114 e. The second kappa shape index (κ2) is 1.84. The summed E-state index contributed by atoms with van der Waals surface area (Å²) in [6, 6.07) is 5.95. The van der Waals surface area contributed by atoms with Gasteiger partial charge in [0.1, 0.15) is 6.20 Å². The van der Waals surface area contributed by atoms with Gasteiger partial charge in [-0.15, -0.1) is 0 Å². The van der Waals surface area contributed by atoms with Gasteiger partial charge in [0.25, 0.3) is 0 Å². The zero-order chi connectivity index (χ0) is 6.97. The Morgan fingerprint density at radius 1 is 1.50 bits per heavy atom. The number of fused-ring (bicyclic) bond motifs is 1. The molecule has 0 amide bonds. The molecule has 0 saturated carbocycles. The molecule has 10 heavy (non-hydrogen) atoms. The van der Waals surface area contributed by atoms with Crippen LogP contribution in [0.15, 0.2) is 24.4 Å². The maximum absolute atomic E-state index is 3.97. The molecule has 2 heterocycles. The lowest BCUT2D eigenvalue weighted by Gasteiger charge is -1.92. The molecular formula is C8H7N2. The fourth-order valence-electron chi connectivity index (χ4n) is 0.962. The molecule has 0 aliphatic carbocycles. The molecule has 0 spiro atoms. The van der Waals surface area contributed by atoms with Crippen LogP contribution in [0.25, 0.3) is 5.52 Å². The third kappa shape index (κ3) is 0.692. The van der Waals surface area contributed by atoms with Crippen molar-refractivity contribution in [3.8, 4) is 0 Å². The summed E-state index contributed by atoms with van der Waals surface area (Å²) in [5.41, 5.74) is 2.30. The van der Waals surface area contributed by atoms with Crippen LogP contribution in [-0.4, -0.2) is 9.61 Å². The Morgan fingerprint density at radius 3 is 3.30 bits per heavy atom. The van der Waals surface area contributed by atoms with Gasteiger partial charge in [-0.3, -0.25) is 0 Å². The van der Waals surface area contributed by atoms with Crippen LogP contribution in [0, 0.1) is 13.1 Å². The van der Waals surface area contributed by atoms with Crippen LogP contribution in [0.1, 0.15) is 5.56 Å². The Labute approximate surface area is 59.1 Å². The molecule has 0 N–H and O–H groups in total. The van der Waals surface area contributed by atoms with E-state index in [1.807, 2.05) is 29.8 Å². The van der Waals surface area contributed by atoms with E-state index in [-0.39, 0.29) is 0 Å². The Balaban J connectivity index is 2.86. The van der Waals surface area contributed by atoms with Gasteiger partial charge in [-0.2, -0.15) is 5.10 Å². The molecule has 49 valence electrons. The average molecular weight is 131 g/mol. The third-order valence-corrected chi connectivity index (χ3v) is 1.49. The zero-order valence-corrected chi connectivity index (χ0v) is 5.70. The monoisotopic (exact) mass is 131 g/mol. The average Bonchev–Trinajstić information content (AvgIpc) is 2.33. The Hall–Kier alpha value is -1.31. The van der Waals surface area contributed by atoms with Gasteiger partial charge < -0.3 is 0 Å². The molecule has 2 rings (SSSR count). The maximum Gasteiger partial charge on any atom is 0.114 e. The molecule has 0 unspecified atom stereocenters. The van der Waals surface area contributed by atoms with E-state index >= 15 is 0 Å². The highest BCUT2D eigenvalue weighted by atomic mass is 15.2. The van der Waals surface area contributed by atoms with Gasteiger partial charge in [-0.1, -0.05) is 6.07 Å². The van der Waals surface area contributed by atoms with Gasteiger partial charge in [0.15, 0.2) is 0 Å². The molecule has 2 aromatic rings. The van der Waals surface area contributed by atoms with E-state index in [9.17, 15) is 0 Å². The predicted octanol–water partition coefficient (Wildman–Crippen LogP) is 1.44. The molecule has 0 aromatic carbocycles. The highest BCUT2D eigenvalue weighted by Gasteiger charge is 1.90. The third-order valence-electron chi connectivity index (χ3n) is 1.49. The molecule has 0 aliphatic rings. The number of hydrogen-bond donors (Lipinski definition) is 0. The SMILES string of the molecule is Cc1ccc2c[c]nn2c1. The number of aromatic nitrogens is 2. The van der Waals surface area contributed by atoms with Crippen LogP contribution in [0.2, 0.25) is 0 Å². The van der Waals surface area contributed by atoms with Gasteiger partial charge in [0.05, 0.1) is 5.52 Å². The zero-order valence-electron chi connectivity index (χ0n) is 5.70. The van der Waals surface area contributed by atoms with E-state index < -0.39 is 0 Å². The second-order valence-corrected chi connectivity index (χ2v) is 2.35. The van der Waals surface area contributed by atoms with Crippen molar-refractivity contribution in [3.05, 3.63) is 36.2 Å². The highest BCUT2D eigenvalue weighted by molar-refractivity contribution is 5.45. The molecule has 0 saturated heterocycles. The standard InChI is InChI=1S/C8H7N2/c1-7-2-3-8-4-5-9-10(8)6-7/h2-4,6H,1H3. The Kier molecular flexibility index (Phi) is 1.01. The topological polar surface area (TPSA) is 17.3 Å². The maximum atomic E-state index is 3.97. The lowest BCUT2D eigenvalue weighted by Crippen LogP contribution is -1.85. The summed E-state index contributed by atoms with van der Waals surface area (Å²) in [4.78, 5) is 0. The Morgan fingerprint density at radius 2 is 2.40 bits per heavy atom. The first-order chi connectivity index (χ1) is 4.86. The van der Waals surface area contributed by atoms with Gasteiger partial charge in [0.2, 0.25) is 0 Å². The van der Waals surface area contributed by atoms with Crippen molar-refractivity contribution in [1.82, 2.24) is 9.61 Å². The lowest BCUT2D eigenvalue weighted by atomic mass is 10.3. The van der Waals surface area contributed by atoms with Crippen LogP contribution in [-0.2, 0) is 0 Å². The number of nitrogens with zero attached hydrogens (tertiary/aromatic N) is 2. The van der Waals surface area contributed by atoms with Gasteiger partial charge in [0, 0.05) is 6.20 Å². The molecule has 1 radical (unpaired) electrons. The number of hydrogen-bond acceptors (Lipinski definition) is 1. The van der Waals surface area contributed by atoms with E-state index in [4.69, 9.17) is 0 Å². The summed E-state index contributed by atoms with van der Waals surface area (Å²) in [5.74, 6) is 0. The number of rotatable bonds is 0. The van der Waals surface area contributed by atoms with Crippen LogP contribution >= 0.6 is 0 Å². The second-order valence-electron chi connectivity index (χ2n) is 2.35. The summed E-state index contributed by atoms with van der Waals surface area (Å²) in [5, 5.41) is 3.97. The first kappa shape index (κ1) is 5.47. The molecule has 0 fully saturated rings. The van der Waals surface area contributed by atoms with Crippen LogP contribution in [0.4, 0.5) is 0 Å². The molecule has 2 aromatic heterocycles. The van der Waals surface area contributed by atoms with Crippen molar-refractivity contribution in [2.24, 2.45) is 0 Å². The van der Waals surface area contributed by atoms with E-state index in [1.54, 1.807) is 0 Å². The molecule has 0 atom stereocenters. The first-order valence-corrected chi connectivity index (χ1v) is 3.18. The van der Waals surface area contributed by atoms with Crippen LogP contribution in [0.3, 0.4) is 0 Å². The lowest BCUT2D eigenvalue weighted by molar-refractivity contribution is 0.947. The quantitative estimate of drug-likeness (QED) is 0.529. The first-order valence-electron chi connectivity index (χ1n) is 3.18. The summed E-state index contributed by atoms with van der Waals surface area (Å²) < 4.78 is 1.81. The predicted molar refractivity (Wildman–Crippen MR) is 38.8 cm³/mol. The van der Waals surface area contributed by atoms with Crippen molar-refractivity contribution in [2.75, 3.05) is 0 Å². The fraction of sp³-hybridized carbons (Fsp3) is 0.125. The largest absolute Gasteiger partial charge is 0.240 e. The minimum atomic E-state index is 1.09. The van der Waals surface area contributed by atoms with E-state index in [1.165, 1.54) is 5.56 Å². The van der Waals surface area contributed by atoms with E-state index in [2.05, 4.69) is 17.4 Å². The Bertz CT molecular complexity index is 349. The number of aryl methyl sites for hydroxylation is 1. The number of pyridine rings is 1. The van der Waals surface area contributed by atoms with Crippen molar-refractivity contribution < 1.29 is 0 Å². The minimum Gasteiger partial charge on any atom is -0.240 e. The van der Waals surface area contributed by atoms with Crippen molar-refractivity contribution in [3.63, 3.8) is 0 Å². The summed E-state index contributed by atoms with van der Waals surface area (Å²) in [7, 11) is 0. The molecule has 2 nitrogen and oxygen atoms in total. The van der Waals surface area contributed by atoms with E-state index in [0.717, 1.165) is 5.52 Å². The minimum absolute atomic E-state index is 1.09. The van der Waals surface area contributed by atoms with Crippen molar-refractivity contribution >= 4 is 5.52 Å². The van der Waals surface area contributed by atoms with Crippen molar-refractivity contribution in [1.29, 1.82) is 0 Å². The van der Waals surface area contributed by atoms with Crippen LogP contribution in [0.5, 0.6) is 0 Å². The summed E-state index contributed by atoms with van der Waals surface area (Å²) in [6.45, 7) is 2.04. The fourth-order valence-corrected chi connectivity index (χ4v) is 0.962. The van der Waals surface area contributed by atoms with Gasteiger partial charge in [-0.05, 0) is 24.6 Å². The highest BCUT2D eigenvalue weighted by Crippen LogP contribution is 2.02. The molecule has 0 bridgehead atoms. The molecule has 2 heteroatoms. The van der Waals surface area contributed by atoms with Crippen LogP contribution < -0.4 is 0 Å².